The van der Waals surface area contributed by atoms with Crippen LogP contribution in [0.5, 0.6) is 5.75 Å². The Morgan fingerprint density at radius 1 is 1.62 bits per heavy atom. The second-order valence-corrected chi connectivity index (χ2v) is 2.80. The van der Waals surface area contributed by atoms with Gasteiger partial charge in [-0.1, -0.05) is 0 Å². The zero-order valence-electron chi connectivity index (χ0n) is 6.76. The van der Waals surface area contributed by atoms with Gasteiger partial charge in [-0.15, -0.1) is 0 Å². The first-order valence-electron chi connectivity index (χ1n) is 3.33. The first kappa shape index (κ1) is 9.82. The Bertz CT molecular complexity index is 328. The van der Waals surface area contributed by atoms with E-state index in [2.05, 4.69) is 0 Å². The lowest BCUT2D eigenvalue weighted by atomic mass is 10.3. The molecule has 0 aliphatic heterocycles. The number of hydrogen-bond acceptors (Lipinski definition) is 5. The molecule has 0 aromatic heterocycles. The zero-order valence-corrected chi connectivity index (χ0v) is 7.58. The van der Waals surface area contributed by atoms with Gasteiger partial charge < -0.3 is 9.29 Å². The summed E-state index contributed by atoms with van der Waals surface area (Å²) in [6.07, 6.45) is 0. The van der Waals surface area contributed by atoms with E-state index >= 15 is 0 Å². The minimum absolute atomic E-state index is 0.131. The normalized spacial score (nSPS) is 9.69. The van der Waals surface area contributed by atoms with Gasteiger partial charge in [-0.2, -0.15) is 0 Å². The van der Waals surface area contributed by atoms with Crippen LogP contribution in [0.3, 0.4) is 0 Å². The van der Waals surface area contributed by atoms with E-state index < -0.39 is 4.92 Å². The first-order valence-corrected chi connectivity index (χ1v) is 4.10. The molecule has 0 saturated carbocycles. The Morgan fingerprint density at radius 3 is 2.77 bits per heavy atom. The molecule has 70 valence electrons. The third-order valence-corrected chi connectivity index (χ3v) is 1.99. The highest BCUT2D eigenvalue weighted by Crippen LogP contribution is 2.30. The molecule has 6 heteroatoms. The Balaban J connectivity index is 3.15. The minimum atomic E-state index is -0.558. The van der Waals surface area contributed by atoms with E-state index in [0.717, 1.165) is 0 Å². The maximum atomic E-state index is 10.4. The number of nitro benzene ring substituents is 1. The van der Waals surface area contributed by atoms with Crippen LogP contribution in [-0.2, 0) is 0 Å². The fraction of sp³-hybridized carbons (Fsp3) is 0.143. The third kappa shape index (κ3) is 2.10. The average molecular weight is 201 g/mol. The number of nitro groups is 1. The van der Waals surface area contributed by atoms with Crippen molar-refractivity contribution in [2.45, 2.75) is 4.90 Å². The molecular weight excluding hydrogens is 194 g/mol. The Morgan fingerprint density at radius 2 is 2.31 bits per heavy atom. The van der Waals surface area contributed by atoms with Crippen LogP contribution in [0, 0.1) is 10.1 Å². The standard InChI is InChI=1S/C7H7NO4S/c1-12-5-2-3-6(8(9)10)7(4-5)13-11/h2-4,11H,1H3. The molecule has 5 nitrogen and oxygen atoms in total. The molecule has 13 heavy (non-hydrogen) atoms. The summed E-state index contributed by atoms with van der Waals surface area (Å²) in [5, 5.41) is 10.4. The third-order valence-electron chi connectivity index (χ3n) is 1.46. The predicted octanol–water partition coefficient (Wildman–Crippen LogP) is 2.17. The lowest BCUT2D eigenvalue weighted by Crippen LogP contribution is -1.91. The van der Waals surface area contributed by atoms with Gasteiger partial charge >= 0.3 is 0 Å². The van der Waals surface area contributed by atoms with Gasteiger partial charge in [0.1, 0.15) is 10.6 Å². The molecule has 1 aromatic carbocycles. The fourth-order valence-electron chi connectivity index (χ4n) is 0.845. The molecule has 0 unspecified atom stereocenters. The van der Waals surface area contributed by atoms with Crippen molar-refractivity contribution >= 4 is 17.7 Å². The van der Waals surface area contributed by atoms with Gasteiger partial charge in [-0.25, -0.2) is 0 Å². The van der Waals surface area contributed by atoms with Crippen LogP contribution in [0.15, 0.2) is 23.1 Å². The molecule has 0 heterocycles. The molecule has 0 fully saturated rings. The van der Waals surface area contributed by atoms with Crippen molar-refractivity contribution in [3.8, 4) is 5.75 Å². The van der Waals surface area contributed by atoms with Crippen LogP contribution in [0.25, 0.3) is 0 Å². The SMILES string of the molecule is COc1ccc([N+](=O)[O-])c(SO)c1. The Hall–Kier alpha value is -1.27. The molecule has 0 atom stereocenters. The smallest absolute Gasteiger partial charge is 0.285 e. The number of methoxy groups -OCH3 is 1. The van der Waals surface area contributed by atoms with Gasteiger partial charge in [0.2, 0.25) is 0 Å². The molecule has 0 aliphatic carbocycles. The second kappa shape index (κ2) is 4.11. The zero-order chi connectivity index (χ0) is 9.84. The van der Waals surface area contributed by atoms with E-state index in [1.165, 1.54) is 25.3 Å². The van der Waals surface area contributed by atoms with Gasteiger partial charge in [0, 0.05) is 24.2 Å². The Labute approximate surface area is 78.7 Å². The van der Waals surface area contributed by atoms with Gasteiger partial charge in [-0.05, 0) is 6.07 Å². The van der Waals surface area contributed by atoms with Crippen LogP contribution in [0.1, 0.15) is 0 Å². The van der Waals surface area contributed by atoms with E-state index in [1.54, 1.807) is 0 Å². The van der Waals surface area contributed by atoms with Crippen LogP contribution >= 0.6 is 12.0 Å². The largest absolute Gasteiger partial charge is 0.497 e. The summed E-state index contributed by atoms with van der Waals surface area (Å²) in [7, 11) is 1.45. The van der Waals surface area contributed by atoms with E-state index in [0.29, 0.717) is 17.8 Å². The van der Waals surface area contributed by atoms with Crippen molar-refractivity contribution in [2.75, 3.05) is 7.11 Å². The monoisotopic (exact) mass is 201 g/mol. The summed E-state index contributed by atoms with van der Waals surface area (Å²) in [5.74, 6) is 0.474. The number of rotatable bonds is 3. The van der Waals surface area contributed by atoms with Gasteiger partial charge in [-0.3, -0.25) is 10.1 Å². The summed E-state index contributed by atoms with van der Waals surface area (Å²) in [5.41, 5.74) is -0.131. The van der Waals surface area contributed by atoms with Gasteiger partial charge in [0.05, 0.1) is 12.0 Å². The highest BCUT2D eigenvalue weighted by molar-refractivity contribution is 7.94. The first-order chi connectivity index (χ1) is 6.19. The van der Waals surface area contributed by atoms with Crippen molar-refractivity contribution < 1.29 is 14.2 Å². The average Bonchev–Trinajstić information content (AvgIpc) is 2.16. The van der Waals surface area contributed by atoms with Crippen LogP contribution in [-0.4, -0.2) is 16.6 Å². The molecule has 0 spiro atoms. The molecule has 1 N–H and O–H groups in total. The molecule has 1 rings (SSSR count). The number of nitrogens with zero attached hydrogens (tertiary/aromatic N) is 1. The summed E-state index contributed by atoms with van der Waals surface area (Å²) in [6.45, 7) is 0. The molecular formula is C7H7NO4S. The maximum Gasteiger partial charge on any atom is 0.285 e. The molecule has 0 radical (unpaired) electrons. The molecule has 0 bridgehead atoms. The number of hydrogen-bond donors (Lipinski definition) is 1. The van der Waals surface area contributed by atoms with Crippen LogP contribution < -0.4 is 4.74 Å². The highest BCUT2D eigenvalue weighted by Gasteiger charge is 2.14. The summed E-state index contributed by atoms with van der Waals surface area (Å²) in [4.78, 5) is 10.0. The quantitative estimate of drug-likeness (QED) is 0.461. The van der Waals surface area contributed by atoms with E-state index in [1.807, 2.05) is 0 Å². The second-order valence-electron chi connectivity index (χ2n) is 2.18. The summed E-state index contributed by atoms with van der Waals surface area (Å²) in [6, 6.07) is 4.16. The fourth-order valence-corrected chi connectivity index (χ4v) is 1.25. The van der Waals surface area contributed by atoms with Gasteiger partial charge in [0.15, 0.2) is 0 Å². The van der Waals surface area contributed by atoms with Crippen molar-refractivity contribution in [3.05, 3.63) is 28.3 Å². The number of ether oxygens (including phenoxy) is 1. The molecule has 0 saturated heterocycles. The van der Waals surface area contributed by atoms with E-state index in [4.69, 9.17) is 9.29 Å². The van der Waals surface area contributed by atoms with Crippen molar-refractivity contribution in [1.29, 1.82) is 0 Å². The van der Waals surface area contributed by atoms with Crippen molar-refractivity contribution in [2.24, 2.45) is 0 Å². The lowest BCUT2D eigenvalue weighted by Gasteiger charge is -2.01. The molecule has 0 aliphatic rings. The predicted molar refractivity (Wildman–Crippen MR) is 48.1 cm³/mol. The van der Waals surface area contributed by atoms with Crippen molar-refractivity contribution in [3.63, 3.8) is 0 Å². The molecule has 0 amide bonds. The van der Waals surface area contributed by atoms with E-state index in [9.17, 15) is 10.1 Å². The highest BCUT2D eigenvalue weighted by atomic mass is 32.2. The minimum Gasteiger partial charge on any atom is -0.497 e. The lowest BCUT2D eigenvalue weighted by molar-refractivity contribution is -0.387. The summed E-state index contributed by atoms with van der Waals surface area (Å²) < 4.78 is 13.6. The van der Waals surface area contributed by atoms with Crippen molar-refractivity contribution in [1.82, 2.24) is 0 Å². The maximum absolute atomic E-state index is 10.4. The van der Waals surface area contributed by atoms with E-state index in [-0.39, 0.29) is 10.6 Å². The van der Waals surface area contributed by atoms with Crippen LogP contribution in [0.4, 0.5) is 5.69 Å². The number of benzene rings is 1. The summed E-state index contributed by atoms with van der Waals surface area (Å²) >= 11 is 0.332. The van der Waals surface area contributed by atoms with Crippen LogP contribution in [0.2, 0.25) is 0 Å². The topological polar surface area (TPSA) is 72.6 Å². The Kier molecular flexibility index (Phi) is 3.10. The molecule has 1 aromatic rings. The van der Waals surface area contributed by atoms with Gasteiger partial charge in [0.25, 0.3) is 5.69 Å².